The van der Waals surface area contributed by atoms with Crippen LogP contribution in [-0.2, 0) is 19.5 Å². The van der Waals surface area contributed by atoms with Crippen molar-refractivity contribution in [2.75, 3.05) is 18.5 Å². The Morgan fingerprint density at radius 3 is 2.48 bits per heavy atom. The number of hydrogen-bond donors (Lipinski definition) is 0. The Hall–Kier alpha value is -3.21. The highest BCUT2D eigenvalue weighted by atomic mass is 16.2. The average molecular weight is 358 g/mol. The molecule has 0 bridgehead atoms. The van der Waals surface area contributed by atoms with Crippen LogP contribution in [0, 0.1) is 0 Å². The smallest absolute Gasteiger partial charge is 0.274 e. The predicted molar refractivity (Wildman–Crippen MR) is 105 cm³/mol. The molecule has 1 aromatic heterocycles. The summed E-state index contributed by atoms with van der Waals surface area (Å²) in [6.45, 7) is 2.09. The number of aromatic nitrogens is 2. The molecule has 3 aromatic rings. The molecule has 0 aliphatic carbocycles. The first-order chi connectivity index (χ1) is 13.2. The minimum absolute atomic E-state index is 0.0609. The summed E-state index contributed by atoms with van der Waals surface area (Å²) < 4.78 is 0. The summed E-state index contributed by atoms with van der Waals surface area (Å²) in [6.07, 6.45) is 4.14. The number of carbonyl (C=O) groups is 1. The van der Waals surface area contributed by atoms with E-state index in [0.29, 0.717) is 18.8 Å². The van der Waals surface area contributed by atoms with Crippen molar-refractivity contribution in [1.29, 1.82) is 0 Å². The quantitative estimate of drug-likeness (QED) is 0.718. The number of carbonyl (C=O) groups excluding carboxylic acids is 1. The zero-order valence-corrected chi connectivity index (χ0v) is 15.4. The van der Waals surface area contributed by atoms with Gasteiger partial charge in [-0.2, -0.15) is 0 Å². The van der Waals surface area contributed by atoms with Gasteiger partial charge in [-0.05, 0) is 23.1 Å². The van der Waals surface area contributed by atoms with Gasteiger partial charge in [-0.3, -0.25) is 4.79 Å². The van der Waals surface area contributed by atoms with Gasteiger partial charge in [0.2, 0.25) is 0 Å². The van der Waals surface area contributed by atoms with Crippen molar-refractivity contribution in [3.8, 4) is 0 Å². The molecule has 27 heavy (non-hydrogen) atoms. The Labute approximate surface area is 159 Å². The summed E-state index contributed by atoms with van der Waals surface area (Å²) in [5.41, 5.74) is 4.13. The topological polar surface area (TPSA) is 49.3 Å². The Kier molecular flexibility index (Phi) is 4.83. The summed E-state index contributed by atoms with van der Waals surface area (Å²) in [6, 6.07) is 18.5. The molecule has 5 heteroatoms. The van der Waals surface area contributed by atoms with Gasteiger partial charge >= 0.3 is 0 Å². The van der Waals surface area contributed by atoms with Crippen molar-refractivity contribution < 1.29 is 4.79 Å². The maximum Gasteiger partial charge on any atom is 0.274 e. The number of rotatable bonds is 4. The highest BCUT2D eigenvalue weighted by molar-refractivity contribution is 5.92. The van der Waals surface area contributed by atoms with Crippen molar-refractivity contribution in [3.05, 3.63) is 89.4 Å². The van der Waals surface area contributed by atoms with E-state index in [-0.39, 0.29) is 5.91 Å². The van der Waals surface area contributed by atoms with Gasteiger partial charge in [0.25, 0.3) is 5.91 Å². The van der Waals surface area contributed by atoms with Crippen LogP contribution in [0.25, 0.3) is 0 Å². The molecular weight excluding hydrogens is 336 g/mol. The molecule has 0 atom stereocenters. The van der Waals surface area contributed by atoms with Crippen molar-refractivity contribution in [1.82, 2.24) is 14.9 Å². The third-order valence-electron chi connectivity index (χ3n) is 4.93. The molecule has 0 N–H and O–H groups in total. The molecule has 2 heterocycles. The second kappa shape index (κ2) is 7.58. The molecule has 1 aliphatic rings. The molecule has 5 nitrogen and oxygen atoms in total. The molecular formula is C22H22N4O. The molecule has 4 rings (SSSR count). The van der Waals surface area contributed by atoms with Crippen molar-refractivity contribution in [2.24, 2.45) is 0 Å². The van der Waals surface area contributed by atoms with Crippen molar-refractivity contribution >= 4 is 11.7 Å². The Bertz CT molecular complexity index is 925. The van der Waals surface area contributed by atoms with Crippen LogP contribution in [0.15, 0.2) is 67.0 Å². The van der Waals surface area contributed by atoms with E-state index in [9.17, 15) is 4.79 Å². The van der Waals surface area contributed by atoms with Crippen LogP contribution < -0.4 is 4.90 Å². The molecule has 0 saturated carbocycles. The largest absolute Gasteiger partial charge is 0.354 e. The molecule has 136 valence electrons. The molecule has 0 spiro atoms. The van der Waals surface area contributed by atoms with Gasteiger partial charge in [0, 0.05) is 26.7 Å². The van der Waals surface area contributed by atoms with Crippen LogP contribution >= 0.6 is 0 Å². The lowest BCUT2D eigenvalue weighted by atomic mass is 10.00. The van der Waals surface area contributed by atoms with Crippen LogP contribution in [0.4, 0.5) is 5.82 Å². The number of nitrogens with zero attached hydrogens (tertiary/aromatic N) is 4. The molecule has 0 radical (unpaired) electrons. The SMILES string of the molecule is CN(Cc1ccccc1)c1cnc(C(=O)N2CCc3ccccc3C2)cn1. The highest BCUT2D eigenvalue weighted by Crippen LogP contribution is 2.20. The minimum atomic E-state index is -0.0609. The molecule has 0 fully saturated rings. The normalized spacial score (nSPS) is 13.1. The van der Waals surface area contributed by atoms with Gasteiger partial charge in [-0.25, -0.2) is 9.97 Å². The Morgan fingerprint density at radius 2 is 1.74 bits per heavy atom. The fourth-order valence-corrected chi connectivity index (χ4v) is 3.40. The monoisotopic (exact) mass is 358 g/mol. The maximum absolute atomic E-state index is 12.8. The van der Waals surface area contributed by atoms with Crippen LogP contribution in [0.5, 0.6) is 0 Å². The fraction of sp³-hybridized carbons (Fsp3) is 0.227. The predicted octanol–water partition coefficient (Wildman–Crippen LogP) is 3.31. The number of anilines is 1. The van der Waals surface area contributed by atoms with Gasteiger partial charge in [0.15, 0.2) is 0 Å². The first-order valence-corrected chi connectivity index (χ1v) is 9.14. The van der Waals surface area contributed by atoms with E-state index in [1.54, 1.807) is 12.4 Å². The molecule has 1 aliphatic heterocycles. The zero-order chi connectivity index (χ0) is 18.6. The van der Waals surface area contributed by atoms with E-state index in [1.165, 1.54) is 16.7 Å². The highest BCUT2D eigenvalue weighted by Gasteiger charge is 2.22. The lowest BCUT2D eigenvalue weighted by molar-refractivity contribution is 0.0728. The van der Waals surface area contributed by atoms with E-state index in [4.69, 9.17) is 0 Å². The van der Waals surface area contributed by atoms with Gasteiger partial charge in [0.05, 0.1) is 12.4 Å². The number of hydrogen-bond acceptors (Lipinski definition) is 4. The van der Waals surface area contributed by atoms with Crippen LogP contribution in [0.3, 0.4) is 0 Å². The summed E-state index contributed by atoms with van der Waals surface area (Å²) in [5.74, 6) is 0.689. The lowest BCUT2D eigenvalue weighted by Gasteiger charge is -2.28. The van der Waals surface area contributed by atoms with Crippen LogP contribution in [-0.4, -0.2) is 34.4 Å². The Balaban J connectivity index is 1.43. The van der Waals surface area contributed by atoms with E-state index in [1.807, 2.05) is 47.2 Å². The standard InChI is InChI=1S/C22H22N4O/c1-25(15-17-7-3-2-4-8-17)21-14-23-20(13-24-21)22(27)26-12-11-18-9-5-6-10-19(18)16-26/h2-10,13-14H,11-12,15-16H2,1H3. The van der Waals surface area contributed by atoms with Gasteiger partial charge in [-0.1, -0.05) is 54.6 Å². The van der Waals surface area contributed by atoms with Gasteiger partial charge in [-0.15, -0.1) is 0 Å². The van der Waals surface area contributed by atoms with Crippen molar-refractivity contribution in [2.45, 2.75) is 19.5 Å². The minimum Gasteiger partial charge on any atom is -0.354 e. The Morgan fingerprint density at radius 1 is 1.00 bits per heavy atom. The van der Waals surface area contributed by atoms with E-state index >= 15 is 0 Å². The van der Waals surface area contributed by atoms with Gasteiger partial charge in [0.1, 0.15) is 11.5 Å². The molecule has 0 saturated heterocycles. The first-order valence-electron chi connectivity index (χ1n) is 9.14. The number of amides is 1. The summed E-state index contributed by atoms with van der Waals surface area (Å²) >= 11 is 0. The summed E-state index contributed by atoms with van der Waals surface area (Å²) in [4.78, 5) is 25.5. The van der Waals surface area contributed by atoms with Crippen LogP contribution in [0.1, 0.15) is 27.2 Å². The second-order valence-corrected chi connectivity index (χ2v) is 6.85. The van der Waals surface area contributed by atoms with Crippen molar-refractivity contribution in [3.63, 3.8) is 0 Å². The number of benzene rings is 2. The zero-order valence-electron chi connectivity index (χ0n) is 15.4. The molecule has 0 unspecified atom stereocenters. The number of fused-ring (bicyclic) bond motifs is 1. The average Bonchev–Trinajstić information content (AvgIpc) is 2.73. The molecule has 1 amide bonds. The van der Waals surface area contributed by atoms with E-state index in [2.05, 4.69) is 34.2 Å². The third-order valence-corrected chi connectivity index (χ3v) is 4.93. The summed E-state index contributed by atoms with van der Waals surface area (Å²) in [7, 11) is 1.97. The van der Waals surface area contributed by atoms with Crippen LogP contribution in [0.2, 0.25) is 0 Å². The fourth-order valence-electron chi connectivity index (χ4n) is 3.40. The third kappa shape index (κ3) is 3.82. The van der Waals surface area contributed by atoms with E-state index < -0.39 is 0 Å². The maximum atomic E-state index is 12.8. The van der Waals surface area contributed by atoms with Gasteiger partial charge < -0.3 is 9.80 Å². The second-order valence-electron chi connectivity index (χ2n) is 6.85. The molecule has 2 aromatic carbocycles. The lowest BCUT2D eigenvalue weighted by Crippen LogP contribution is -2.36. The summed E-state index contributed by atoms with van der Waals surface area (Å²) in [5, 5.41) is 0. The first kappa shape index (κ1) is 17.2. The van der Waals surface area contributed by atoms with E-state index in [0.717, 1.165) is 18.8 Å².